The molecule has 2 rings (SSSR count). The second-order valence-electron chi connectivity index (χ2n) is 3.89. The number of nitrogens with zero attached hydrogens (tertiary/aromatic N) is 3. The summed E-state index contributed by atoms with van der Waals surface area (Å²) in [6.45, 7) is 3.68. The van der Waals surface area contributed by atoms with Crippen molar-refractivity contribution in [3.05, 3.63) is 41.5 Å². The molecule has 2 aromatic heterocycles. The Hall–Kier alpha value is -2.50. The molecule has 0 saturated carbocycles. The number of carbonyl (C=O) groups excluding carboxylic acids is 1. The molecule has 0 fully saturated rings. The molecular formula is C12H13N5O. The Morgan fingerprint density at radius 1 is 1.28 bits per heavy atom. The van der Waals surface area contributed by atoms with Crippen LogP contribution in [0.5, 0.6) is 0 Å². The van der Waals surface area contributed by atoms with Gasteiger partial charge in [-0.3, -0.25) is 15.1 Å². The van der Waals surface area contributed by atoms with Crippen LogP contribution in [0.2, 0.25) is 0 Å². The molecule has 0 aliphatic rings. The van der Waals surface area contributed by atoms with Gasteiger partial charge in [0.25, 0.3) is 5.91 Å². The lowest BCUT2D eigenvalue weighted by molar-refractivity contribution is 0.102. The van der Waals surface area contributed by atoms with Crippen LogP contribution >= 0.6 is 0 Å². The van der Waals surface area contributed by atoms with Crippen molar-refractivity contribution in [3.63, 3.8) is 0 Å². The predicted molar refractivity (Wildman–Crippen MR) is 68.1 cm³/mol. The molecule has 0 aliphatic carbocycles. The lowest BCUT2D eigenvalue weighted by Crippen LogP contribution is -2.16. The Bertz CT molecular complexity index is 577. The van der Waals surface area contributed by atoms with Crippen molar-refractivity contribution >= 4 is 17.5 Å². The third-order valence-corrected chi connectivity index (χ3v) is 2.30. The third-order valence-electron chi connectivity index (χ3n) is 2.30. The van der Waals surface area contributed by atoms with Crippen molar-refractivity contribution in [3.8, 4) is 0 Å². The lowest BCUT2D eigenvalue weighted by atomic mass is 10.2. The van der Waals surface area contributed by atoms with E-state index in [1.54, 1.807) is 6.07 Å². The first-order valence-electron chi connectivity index (χ1n) is 5.39. The van der Waals surface area contributed by atoms with Crippen LogP contribution in [0.15, 0.2) is 24.5 Å². The zero-order valence-electron chi connectivity index (χ0n) is 10.1. The molecule has 2 heterocycles. The maximum atomic E-state index is 12.0. The standard InChI is InChI=1S/C12H13N5O/c1-7-5-8(2)16-12(15-7)17-11(18)9-3-4-14-6-10(9)13/h3-6H,13H2,1-2H3,(H,15,16,17,18). The molecule has 6 nitrogen and oxygen atoms in total. The van der Waals surface area contributed by atoms with Crippen molar-refractivity contribution in [2.75, 3.05) is 11.1 Å². The topological polar surface area (TPSA) is 93.8 Å². The van der Waals surface area contributed by atoms with Crippen LogP contribution in [0.4, 0.5) is 11.6 Å². The second-order valence-corrected chi connectivity index (χ2v) is 3.89. The van der Waals surface area contributed by atoms with E-state index in [9.17, 15) is 4.79 Å². The zero-order chi connectivity index (χ0) is 13.1. The average molecular weight is 243 g/mol. The minimum Gasteiger partial charge on any atom is -0.397 e. The van der Waals surface area contributed by atoms with E-state index in [4.69, 9.17) is 5.73 Å². The van der Waals surface area contributed by atoms with Gasteiger partial charge in [0.2, 0.25) is 5.95 Å². The van der Waals surface area contributed by atoms with Gasteiger partial charge >= 0.3 is 0 Å². The van der Waals surface area contributed by atoms with Crippen molar-refractivity contribution < 1.29 is 4.79 Å². The summed E-state index contributed by atoms with van der Waals surface area (Å²) in [6.07, 6.45) is 2.94. The van der Waals surface area contributed by atoms with Gasteiger partial charge in [-0.2, -0.15) is 0 Å². The summed E-state index contributed by atoms with van der Waals surface area (Å²) >= 11 is 0. The van der Waals surface area contributed by atoms with Crippen LogP contribution in [0.3, 0.4) is 0 Å². The number of nitrogen functional groups attached to an aromatic ring is 1. The van der Waals surface area contributed by atoms with E-state index in [2.05, 4.69) is 20.3 Å². The highest BCUT2D eigenvalue weighted by Gasteiger charge is 2.11. The Kier molecular flexibility index (Phi) is 3.18. The van der Waals surface area contributed by atoms with Gasteiger partial charge < -0.3 is 5.73 Å². The molecule has 0 saturated heterocycles. The quantitative estimate of drug-likeness (QED) is 0.829. The molecule has 92 valence electrons. The van der Waals surface area contributed by atoms with Crippen molar-refractivity contribution in [2.24, 2.45) is 0 Å². The normalized spacial score (nSPS) is 10.1. The average Bonchev–Trinajstić information content (AvgIpc) is 2.27. The molecule has 0 unspecified atom stereocenters. The molecule has 18 heavy (non-hydrogen) atoms. The van der Waals surface area contributed by atoms with E-state index in [1.165, 1.54) is 12.4 Å². The summed E-state index contributed by atoms with van der Waals surface area (Å²) in [7, 11) is 0. The number of pyridine rings is 1. The van der Waals surface area contributed by atoms with Crippen LogP contribution < -0.4 is 11.1 Å². The number of amides is 1. The van der Waals surface area contributed by atoms with E-state index in [0.29, 0.717) is 11.3 Å². The number of nitrogens with one attached hydrogen (secondary N) is 1. The minimum absolute atomic E-state index is 0.272. The first kappa shape index (κ1) is 12.0. The SMILES string of the molecule is Cc1cc(C)nc(NC(=O)c2ccncc2N)n1. The summed E-state index contributed by atoms with van der Waals surface area (Å²) in [5, 5.41) is 2.61. The van der Waals surface area contributed by atoms with Gasteiger partial charge in [-0.25, -0.2) is 9.97 Å². The molecule has 0 bridgehead atoms. The van der Waals surface area contributed by atoms with Gasteiger partial charge in [0.05, 0.1) is 17.4 Å². The molecule has 0 aromatic carbocycles. The zero-order valence-corrected chi connectivity index (χ0v) is 10.1. The van der Waals surface area contributed by atoms with Gasteiger partial charge in [0.1, 0.15) is 0 Å². The summed E-state index contributed by atoms with van der Waals surface area (Å²) in [5.74, 6) is -0.0754. The van der Waals surface area contributed by atoms with Gasteiger partial charge in [0, 0.05) is 17.6 Å². The highest BCUT2D eigenvalue weighted by Crippen LogP contribution is 2.11. The number of rotatable bonds is 2. The number of hydrogen-bond donors (Lipinski definition) is 2. The van der Waals surface area contributed by atoms with Gasteiger partial charge in [0.15, 0.2) is 0 Å². The molecule has 2 aromatic rings. The lowest BCUT2D eigenvalue weighted by Gasteiger charge is -2.06. The first-order valence-corrected chi connectivity index (χ1v) is 5.39. The van der Waals surface area contributed by atoms with Crippen LogP contribution in [-0.4, -0.2) is 20.9 Å². The smallest absolute Gasteiger partial charge is 0.260 e. The maximum Gasteiger partial charge on any atom is 0.260 e. The largest absolute Gasteiger partial charge is 0.397 e. The fourth-order valence-electron chi connectivity index (χ4n) is 1.56. The summed E-state index contributed by atoms with van der Waals surface area (Å²) in [5.41, 5.74) is 7.93. The van der Waals surface area contributed by atoms with E-state index < -0.39 is 0 Å². The Balaban J connectivity index is 2.24. The van der Waals surface area contributed by atoms with Gasteiger partial charge in [-0.1, -0.05) is 0 Å². The van der Waals surface area contributed by atoms with Crippen LogP contribution in [0.25, 0.3) is 0 Å². The Morgan fingerprint density at radius 3 is 2.56 bits per heavy atom. The summed E-state index contributed by atoms with van der Waals surface area (Å²) in [6, 6.07) is 3.38. The molecule has 0 spiro atoms. The number of anilines is 2. The molecule has 3 N–H and O–H groups in total. The number of aromatic nitrogens is 3. The fraction of sp³-hybridized carbons (Fsp3) is 0.167. The van der Waals surface area contributed by atoms with Crippen molar-refractivity contribution in [1.29, 1.82) is 0 Å². The second kappa shape index (κ2) is 4.79. The van der Waals surface area contributed by atoms with Crippen molar-refractivity contribution in [2.45, 2.75) is 13.8 Å². The third kappa shape index (κ3) is 2.60. The molecule has 0 aliphatic heterocycles. The molecule has 0 atom stereocenters. The first-order chi connectivity index (χ1) is 8.56. The molecule has 1 amide bonds. The molecule has 6 heteroatoms. The molecular weight excluding hydrogens is 230 g/mol. The maximum absolute atomic E-state index is 12.0. The summed E-state index contributed by atoms with van der Waals surface area (Å²) in [4.78, 5) is 24.0. The predicted octanol–water partition coefficient (Wildman–Crippen LogP) is 1.32. The van der Waals surface area contributed by atoms with E-state index >= 15 is 0 Å². The van der Waals surface area contributed by atoms with E-state index in [-0.39, 0.29) is 11.9 Å². The number of hydrogen-bond acceptors (Lipinski definition) is 5. The number of carbonyl (C=O) groups is 1. The van der Waals surface area contributed by atoms with Crippen LogP contribution in [0, 0.1) is 13.8 Å². The molecule has 0 radical (unpaired) electrons. The summed E-state index contributed by atoms with van der Waals surface area (Å²) < 4.78 is 0. The van der Waals surface area contributed by atoms with Gasteiger partial charge in [-0.15, -0.1) is 0 Å². The highest BCUT2D eigenvalue weighted by molar-refractivity contribution is 6.06. The van der Waals surface area contributed by atoms with Crippen molar-refractivity contribution in [1.82, 2.24) is 15.0 Å². The van der Waals surface area contributed by atoms with Gasteiger partial charge in [-0.05, 0) is 26.0 Å². The Labute approximate surface area is 104 Å². The highest BCUT2D eigenvalue weighted by atomic mass is 16.1. The van der Waals surface area contributed by atoms with E-state index in [0.717, 1.165) is 11.4 Å². The van der Waals surface area contributed by atoms with Crippen LogP contribution in [0.1, 0.15) is 21.7 Å². The minimum atomic E-state index is -0.347. The monoisotopic (exact) mass is 243 g/mol. The Morgan fingerprint density at radius 2 is 1.94 bits per heavy atom. The van der Waals surface area contributed by atoms with E-state index in [1.807, 2.05) is 19.9 Å². The number of nitrogens with two attached hydrogens (primary N) is 1. The fourth-order valence-corrected chi connectivity index (χ4v) is 1.56. The van der Waals surface area contributed by atoms with Crippen LogP contribution in [-0.2, 0) is 0 Å². The number of aryl methyl sites for hydroxylation is 2.